The van der Waals surface area contributed by atoms with E-state index in [1.807, 2.05) is 13.0 Å². The van der Waals surface area contributed by atoms with Gasteiger partial charge in [-0.3, -0.25) is 9.20 Å². The van der Waals surface area contributed by atoms with Gasteiger partial charge in [-0.25, -0.2) is 9.48 Å². The molecule has 0 aliphatic rings. The molecule has 78 valence electrons. The molecule has 0 fully saturated rings. The van der Waals surface area contributed by atoms with Crippen molar-refractivity contribution in [3.63, 3.8) is 0 Å². The summed E-state index contributed by atoms with van der Waals surface area (Å²) in [6.07, 6.45) is 1.63. The predicted octanol–water partition coefficient (Wildman–Crippen LogP) is -0.111. The zero-order chi connectivity index (χ0) is 11.0. The first-order valence-corrected chi connectivity index (χ1v) is 4.35. The molecular weight excluding hydrogens is 198 g/mol. The number of hydrogen-bond donors (Lipinski definition) is 1. The van der Waals surface area contributed by atoms with Gasteiger partial charge in [0.1, 0.15) is 6.54 Å². The molecule has 0 radical (unpaired) electrons. The molecule has 6 nitrogen and oxygen atoms in total. The lowest BCUT2D eigenvalue weighted by molar-refractivity contribution is -0.137. The molecule has 0 saturated carbocycles. The highest BCUT2D eigenvalue weighted by atomic mass is 16.4. The fraction of sp³-hybridized carbons (Fsp3) is 0.222. The molecule has 2 rings (SSSR count). The van der Waals surface area contributed by atoms with Gasteiger partial charge in [0.05, 0.1) is 0 Å². The van der Waals surface area contributed by atoms with Crippen LogP contribution in [0.25, 0.3) is 5.65 Å². The van der Waals surface area contributed by atoms with Crippen LogP contribution in [-0.2, 0) is 11.3 Å². The highest BCUT2D eigenvalue weighted by Gasteiger charge is 2.08. The van der Waals surface area contributed by atoms with Crippen LogP contribution in [0.5, 0.6) is 0 Å². The van der Waals surface area contributed by atoms with Crippen molar-refractivity contribution < 1.29 is 9.90 Å². The molecule has 0 aromatic carbocycles. The van der Waals surface area contributed by atoms with Gasteiger partial charge >= 0.3 is 11.7 Å². The third kappa shape index (κ3) is 1.61. The van der Waals surface area contributed by atoms with Gasteiger partial charge in [-0.05, 0) is 18.6 Å². The van der Waals surface area contributed by atoms with Crippen LogP contribution in [0.15, 0.2) is 23.1 Å². The van der Waals surface area contributed by atoms with Crippen LogP contribution in [0, 0.1) is 6.92 Å². The van der Waals surface area contributed by atoms with Gasteiger partial charge in [-0.15, -0.1) is 5.10 Å². The van der Waals surface area contributed by atoms with E-state index in [0.717, 1.165) is 10.2 Å². The first kappa shape index (κ1) is 9.45. The van der Waals surface area contributed by atoms with Crippen molar-refractivity contribution in [1.29, 1.82) is 0 Å². The second kappa shape index (κ2) is 3.23. The number of fused-ring (bicyclic) bond motifs is 1. The zero-order valence-corrected chi connectivity index (χ0v) is 8.04. The van der Waals surface area contributed by atoms with Gasteiger partial charge < -0.3 is 5.11 Å². The van der Waals surface area contributed by atoms with E-state index in [2.05, 4.69) is 5.10 Å². The quantitative estimate of drug-likeness (QED) is 0.745. The van der Waals surface area contributed by atoms with Crippen LogP contribution < -0.4 is 5.69 Å². The van der Waals surface area contributed by atoms with Gasteiger partial charge in [0, 0.05) is 6.20 Å². The van der Waals surface area contributed by atoms with E-state index in [-0.39, 0.29) is 0 Å². The molecule has 2 heterocycles. The molecule has 0 unspecified atom stereocenters. The minimum absolute atomic E-state index is 0.417. The lowest BCUT2D eigenvalue weighted by atomic mass is 10.3. The zero-order valence-electron chi connectivity index (χ0n) is 8.04. The van der Waals surface area contributed by atoms with Crippen LogP contribution in [0.2, 0.25) is 0 Å². The number of carbonyl (C=O) groups is 1. The number of pyridine rings is 1. The summed E-state index contributed by atoms with van der Waals surface area (Å²) in [5.74, 6) is -1.09. The van der Waals surface area contributed by atoms with Crippen molar-refractivity contribution in [2.75, 3.05) is 0 Å². The normalized spacial score (nSPS) is 10.7. The Morgan fingerprint density at radius 1 is 1.53 bits per heavy atom. The highest BCUT2D eigenvalue weighted by Crippen LogP contribution is 2.00. The number of aryl methyl sites for hydroxylation is 1. The van der Waals surface area contributed by atoms with E-state index in [4.69, 9.17) is 5.11 Å². The SMILES string of the molecule is Cc1ccc2nn(CC(=O)O)c(=O)n2c1. The molecule has 0 atom stereocenters. The smallest absolute Gasteiger partial charge is 0.350 e. The van der Waals surface area contributed by atoms with Gasteiger partial charge in [0.2, 0.25) is 0 Å². The van der Waals surface area contributed by atoms with Gasteiger partial charge in [0.15, 0.2) is 5.65 Å². The molecule has 0 aliphatic carbocycles. The molecule has 6 heteroatoms. The Morgan fingerprint density at radius 3 is 2.93 bits per heavy atom. The third-order valence-corrected chi connectivity index (χ3v) is 2.01. The van der Waals surface area contributed by atoms with E-state index in [1.165, 1.54) is 4.40 Å². The van der Waals surface area contributed by atoms with Crippen molar-refractivity contribution in [2.24, 2.45) is 0 Å². The standard InChI is InChI=1S/C9H9N3O3/c1-6-2-3-7-10-12(5-8(13)14)9(15)11(7)4-6/h2-4H,5H2,1H3,(H,13,14). The maximum Gasteiger partial charge on any atom is 0.350 e. The Morgan fingerprint density at radius 2 is 2.27 bits per heavy atom. The Kier molecular flexibility index (Phi) is 2.03. The summed E-state index contributed by atoms with van der Waals surface area (Å²) < 4.78 is 2.26. The van der Waals surface area contributed by atoms with E-state index >= 15 is 0 Å². The van der Waals surface area contributed by atoms with Crippen LogP contribution >= 0.6 is 0 Å². The average Bonchev–Trinajstić information content (AvgIpc) is 2.44. The minimum atomic E-state index is -1.09. The molecular formula is C9H9N3O3. The Balaban J connectivity index is 2.65. The Labute approximate surface area is 84.4 Å². The fourth-order valence-electron chi connectivity index (χ4n) is 1.36. The summed E-state index contributed by atoms with van der Waals surface area (Å²) in [7, 11) is 0. The monoisotopic (exact) mass is 207 g/mol. The van der Waals surface area contributed by atoms with E-state index in [0.29, 0.717) is 5.65 Å². The second-order valence-electron chi connectivity index (χ2n) is 3.27. The number of aromatic nitrogens is 3. The fourth-order valence-corrected chi connectivity index (χ4v) is 1.36. The Bertz CT molecular complexity index is 582. The molecule has 2 aromatic rings. The van der Waals surface area contributed by atoms with Crippen molar-refractivity contribution in [2.45, 2.75) is 13.5 Å². The highest BCUT2D eigenvalue weighted by molar-refractivity contribution is 5.66. The number of carboxylic acids is 1. The first-order valence-electron chi connectivity index (χ1n) is 4.35. The van der Waals surface area contributed by atoms with E-state index < -0.39 is 18.2 Å². The maximum absolute atomic E-state index is 11.6. The summed E-state index contributed by atoms with van der Waals surface area (Å²) in [4.78, 5) is 22.1. The summed E-state index contributed by atoms with van der Waals surface area (Å²) in [6.45, 7) is 1.43. The van der Waals surface area contributed by atoms with Gasteiger partial charge in [0.25, 0.3) is 0 Å². The van der Waals surface area contributed by atoms with E-state index in [1.54, 1.807) is 12.3 Å². The number of hydrogen-bond acceptors (Lipinski definition) is 3. The van der Waals surface area contributed by atoms with Crippen LogP contribution in [0.4, 0.5) is 0 Å². The number of aliphatic carboxylic acids is 1. The van der Waals surface area contributed by atoms with Crippen molar-refractivity contribution in [3.05, 3.63) is 34.4 Å². The van der Waals surface area contributed by atoms with Crippen molar-refractivity contribution in [3.8, 4) is 0 Å². The average molecular weight is 207 g/mol. The molecule has 15 heavy (non-hydrogen) atoms. The number of carboxylic acid groups (broad SMARTS) is 1. The second-order valence-corrected chi connectivity index (χ2v) is 3.27. The van der Waals surface area contributed by atoms with Crippen LogP contribution in [-0.4, -0.2) is 25.3 Å². The number of nitrogens with zero attached hydrogens (tertiary/aromatic N) is 3. The molecule has 1 N–H and O–H groups in total. The van der Waals surface area contributed by atoms with E-state index in [9.17, 15) is 9.59 Å². The lowest BCUT2D eigenvalue weighted by Gasteiger charge is -1.91. The van der Waals surface area contributed by atoms with Crippen molar-refractivity contribution in [1.82, 2.24) is 14.2 Å². The molecule has 0 aliphatic heterocycles. The van der Waals surface area contributed by atoms with Crippen LogP contribution in [0.3, 0.4) is 0 Å². The summed E-state index contributed by atoms with van der Waals surface area (Å²) >= 11 is 0. The molecule has 0 amide bonds. The largest absolute Gasteiger partial charge is 0.480 e. The van der Waals surface area contributed by atoms with Crippen LogP contribution in [0.1, 0.15) is 5.56 Å². The third-order valence-electron chi connectivity index (χ3n) is 2.01. The topological polar surface area (TPSA) is 76.6 Å². The summed E-state index contributed by atoms with van der Waals surface area (Å²) in [6, 6.07) is 3.49. The minimum Gasteiger partial charge on any atom is -0.480 e. The van der Waals surface area contributed by atoms with Gasteiger partial charge in [-0.2, -0.15) is 0 Å². The molecule has 2 aromatic heterocycles. The number of rotatable bonds is 2. The first-order chi connectivity index (χ1) is 7.08. The van der Waals surface area contributed by atoms with Crippen molar-refractivity contribution >= 4 is 11.6 Å². The molecule has 0 spiro atoms. The lowest BCUT2D eigenvalue weighted by Crippen LogP contribution is -2.24. The summed E-state index contributed by atoms with van der Waals surface area (Å²) in [5.41, 5.74) is 0.933. The molecule has 0 bridgehead atoms. The molecule has 0 saturated heterocycles. The van der Waals surface area contributed by atoms with Gasteiger partial charge in [-0.1, -0.05) is 6.07 Å². The Hall–Kier alpha value is -2.11. The summed E-state index contributed by atoms with van der Waals surface area (Å²) in [5, 5.41) is 12.4. The maximum atomic E-state index is 11.6. The predicted molar refractivity (Wildman–Crippen MR) is 51.8 cm³/mol.